The first-order valence-electron chi connectivity index (χ1n) is 6.50. The standard InChI is InChI=1S/C13H18O.C2H6/c1-10(2)14-13-9-5-7-11-6-3-4-8-12(11)13;1-2/h3-4,6,8,10,13H,5,7,9H2,1-2H3;1-2H3/t13-;/m1./s1. The van der Waals surface area contributed by atoms with Crippen LogP contribution in [0.3, 0.4) is 0 Å². The molecule has 0 radical (unpaired) electrons. The molecule has 1 aromatic carbocycles. The lowest BCUT2D eigenvalue weighted by molar-refractivity contribution is -0.00294. The molecule has 0 aromatic heterocycles. The molecule has 0 unspecified atom stereocenters. The molecule has 0 amide bonds. The maximum absolute atomic E-state index is 5.92. The van der Waals surface area contributed by atoms with E-state index in [9.17, 15) is 0 Å². The first-order valence-corrected chi connectivity index (χ1v) is 6.50. The van der Waals surface area contributed by atoms with Crippen molar-refractivity contribution in [2.75, 3.05) is 0 Å². The van der Waals surface area contributed by atoms with Crippen LogP contribution in [0.1, 0.15) is 57.8 Å². The van der Waals surface area contributed by atoms with Gasteiger partial charge < -0.3 is 4.74 Å². The zero-order chi connectivity index (χ0) is 12.0. The first-order chi connectivity index (χ1) is 7.77. The van der Waals surface area contributed by atoms with Crippen LogP contribution in [0.2, 0.25) is 0 Å². The van der Waals surface area contributed by atoms with Gasteiger partial charge in [0.05, 0.1) is 12.2 Å². The molecule has 0 saturated carbocycles. The van der Waals surface area contributed by atoms with Crippen LogP contribution in [-0.2, 0) is 11.2 Å². The highest BCUT2D eigenvalue weighted by molar-refractivity contribution is 5.31. The molecule has 1 aliphatic carbocycles. The lowest BCUT2D eigenvalue weighted by Gasteiger charge is -2.27. The van der Waals surface area contributed by atoms with Gasteiger partial charge in [0, 0.05) is 0 Å². The van der Waals surface area contributed by atoms with Crippen molar-refractivity contribution in [3.05, 3.63) is 35.4 Å². The van der Waals surface area contributed by atoms with Crippen LogP contribution in [0.5, 0.6) is 0 Å². The molecule has 1 nitrogen and oxygen atoms in total. The zero-order valence-electron chi connectivity index (χ0n) is 11.0. The molecule has 0 bridgehead atoms. The molecule has 1 atom stereocenters. The second-order valence-corrected chi connectivity index (χ2v) is 4.26. The fourth-order valence-electron chi connectivity index (χ4n) is 2.18. The summed E-state index contributed by atoms with van der Waals surface area (Å²) in [6, 6.07) is 8.67. The summed E-state index contributed by atoms with van der Waals surface area (Å²) in [6.07, 6.45) is 4.31. The molecule has 0 spiro atoms. The minimum atomic E-state index is 0.325. The van der Waals surface area contributed by atoms with E-state index in [1.807, 2.05) is 13.8 Å². The third-order valence-electron chi connectivity index (χ3n) is 2.75. The minimum Gasteiger partial charge on any atom is -0.371 e. The molecule has 2 rings (SSSR count). The third-order valence-corrected chi connectivity index (χ3v) is 2.75. The number of rotatable bonds is 2. The number of hydrogen-bond donors (Lipinski definition) is 0. The Hall–Kier alpha value is -0.820. The predicted octanol–water partition coefficient (Wildman–Crippen LogP) is 4.52. The van der Waals surface area contributed by atoms with Crippen molar-refractivity contribution in [3.63, 3.8) is 0 Å². The lowest BCUT2D eigenvalue weighted by Crippen LogP contribution is -2.16. The molecule has 1 aromatic rings. The van der Waals surface area contributed by atoms with Crippen LogP contribution in [0.15, 0.2) is 24.3 Å². The first kappa shape index (κ1) is 13.2. The van der Waals surface area contributed by atoms with Gasteiger partial charge in [0.15, 0.2) is 0 Å². The summed E-state index contributed by atoms with van der Waals surface area (Å²) in [7, 11) is 0. The van der Waals surface area contributed by atoms with Gasteiger partial charge in [0.2, 0.25) is 0 Å². The van der Waals surface area contributed by atoms with Gasteiger partial charge in [0.1, 0.15) is 0 Å². The Balaban J connectivity index is 0.000000606. The highest BCUT2D eigenvalue weighted by atomic mass is 16.5. The summed E-state index contributed by atoms with van der Waals surface area (Å²) in [6.45, 7) is 8.22. The van der Waals surface area contributed by atoms with Gasteiger partial charge in [-0.2, -0.15) is 0 Å². The van der Waals surface area contributed by atoms with E-state index < -0.39 is 0 Å². The molecular formula is C15H24O. The van der Waals surface area contributed by atoms with Crippen molar-refractivity contribution >= 4 is 0 Å². The highest BCUT2D eigenvalue weighted by Gasteiger charge is 2.20. The molecule has 0 N–H and O–H groups in total. The van der Waals surface area contributed by atoms with E-state index in [0.29, 0.717) is 12.2 Å². The third kappa shape index (κ3) is 3.34. The topological polar surface area (TPSA) is 9.23 Å². The fraction of sp³-hybridized carbons (Fsp3) is 0.600. The Bertz CT molecular complexity index is 304. The van der Waals surface area contributed by atoms with Crippen molar-refractivity contribution in [1.82, 2.24) is 0 Å². The Morgan fingerprint density at radius 3 is 2.56 bits per heavy atom. The van der Waals surface area contributed by atoms with Gasteiger partial charge in [-0.25, -0.2) is 0 Å². The van der Waals surface area contributed by atoms with Crippen LogP contribution in [0.25, 0.3) is 0 Å². The molecule has 0 fully saturated rings. The Morgan fingerprint density at radius 1 is 1.19 bits per heavy atom. The largest absolute Gasteiger partial charge is 0.371 e. The SMILES string of the molecule is CC.CC(C)O[C@@H]1CCCc2ccccc21. The van der Waals surface area contributed by atoms with Gasteiger partial charge in [-0.15, -0.1) is 0 Å². The molecular weight excluding hydrogens is 196 g/mol. The van der Waals surface area contributed by atoms with E-state index in [4.69, 9.17) is 4.74 Å². The van der Waals surface area contributed by atoms with Crippen molar-refractivity contribution in [2.45, 2.75) is 59.2 Å². The summed E-state index contributed by atoms with van der Waals surface area (Å²) in [5.74, 6) is 0. The van der Waals surface area contributed by atoms with E-state index in [2.05, 4.69) is 38.1 Å². The molecule has 0 saturated heterocycles. The van der Waals surface area contributed by atoms with Crippen LogP contribution >= 0.6 is 0 Å². The average molecular weight is 220 g/mol. The van der Waals surface area contributed by atoms with E-state index in [1.165, 1.54) is 30.4 Å². The van der Waals surface area contributed by atoms with Gasteiger partial charge in [-0.3, -0.25) is 0 Å². The molecule has 1 aliphatic rings. The Morgan fingerprint density at radius 2 is 1.88 bits per heavy atom. The lowest BCUT2D eigenvalue weighted by atomic mass is 9.89. The number of aryl methyl sites for hydroxylation is 1. The van der Waals surface area contributed by atoms with Gasteiger partial charge in [-0.05, 0) is 44.2 Å². The number of hydrogen-bond acceptors (Lipinski definition) is 1. The zero-order valence-corrected chi connectivity index (χ0v) is 11.0. The van der Waals surface area contributed by atoms with Gasteiger partial charge in [0.25, 0.3) is 0 Å². The van der Waals surface area contributed by atoms with E-state index in [-0.39, 0.29) is 0 Å². The van der Waals surface area contributed by atoms with Crippen LogP contribution in [-0.4, -0.2) is 6.10 Å². The summed E-state index contributed by atoms with van der Waals surface area (Å²) < 4.78 is 5.92. The molecule has 1 heteroatoms. The number of ether oxygens (including phenoxy) is 1. The van der Waals surface area contributed by atoms with E-state index >= 15 is 0 Å². The normalized spacial score (nSPS) is 18.7. The van der Waals surface area contributed by atoms with E-state index in [0.717, 1.165) is 0 Å². The maximum atomic E-state index is 5.92. The second kappa shape index (κ2) is 6.70. The Kier molecular flexibility index (Phi) is 5.54. The monoisotopic (exact) mass is 220 g/mol. The fourth-order valence-corrected chi connectivity index (χ4v) is 2.18. The second-order valence-electron chi connectivity index (χ2n) is 4.26. The Labute approximate surface area is 99.8 Å². The highest BCUT2D eigenvalue weighted by Crippen LogP contribution is 2.32. The van der Waals surface area contributed by atoms with Crippen molar-refractivity contribution in [3.8, 4) is 0 Å². The molecule has 0 heterocycles. The average Bonchev–Trinajstić information content (AvgIpc) is 2.31. The number of benzene rings is 1. The van der Waals surface area contributed by atoms with Crippen molar-refractivity contribution in [1.29, 1.82) is 0 Å². The summed E-state index contributed by atoms with van der Waals surface area (Å²) >= 11 is 0. The van der Waals surface area contributed by atoms with Crippen molar-refractivity contribution < 1.29 is 4.74 Å². The van der Waals surface area contributed by atoms with Gasteiger partial charge in [-0.1, -0.05) is 38.1 Å². The van der Waals surface area contributed by atoms with E-state index in [1.54, 1.807) is 0 Å². The minimum absolute atomic E-state index is 0.325. The summed E-state index contributed by atoms with van der Waals surface area (Å²) in [4.78, 5) is 0. The molecule has 0 aliphatic heterocycles. The van der Waals surface area contributed by atoms with Crippen LogP contribution < -0.4 is 0 Å². The molecule has 16 heavy (non-hydrogen) atoms. The maximum Gasteiger partial charge on any atom is 0.0831 e. The molecule has 90 valence electrons. The smallest absolute Gasteiger partial charge is 0.0831 e. The summed E-state index contributed by atoms with van der Waals surface area (Å²) in [5.41, 5.74) is 2.89. The van der Waals surface area contributed by atoms with Crippen LogP contribution in [0, 0.1) is 0 Å². The summed E-state index contributed by atoms with van der Waals surface area (Å²) in [5, 5.41) is 0. The predicted molar refractivity (Wildman–Crippen MR) is 69.7 cm³/mol. The van der Waals surface area contributed by atoms with Crippen LogP contribution in [0.4, 0.5) is 0 Å². The quantitative estimate of drug-likeness (QED) is 0.712. The van der Waals surface area contributed by atoms with Crippen molar-refractivity contribution in [2.24, 2.45) is 0 Å². The van der Waals surface area contributed by atoms with Gasteiger partial charge >= 0.3 is 0 Å². The number of fused-ring (bicyclic) bond motifs is 1.